The molecule has 0 fully saturated rings. The molecule has 0 radical (unpaired) electrons. The minimum absolute atomic E-state index is 0.00227. The van der Waals surface area contributed by atoms with E-state index in [0.29, 0.717) is 30.2 Å². The molecule has 4 rings (SSSR count). The Morgan fingerprint density at radius 1 is 1.20 bits per heavy atom. The third kappa shape index (κ3) is 1.72. The van der Waals surface area contributed by atoms with E-state index in [4.69, 9.17) is 9.47 Å². The van der Waals surface area contributed by atoms with Crippen molar-refractivity contribution in [3.8, 4) is 11.5 Å². The number of amides is 1. The second kappa shape index (κ2) is 4.26. The molecule has 0 N–H and O–H groups in total. The number of ether oxygens (including phenoxy) is 2. The molecule has 0 spiro atoms. The zero-order chi connectivity index (χ0) is 13.5. The van der Waals surface area contributed by atoms with Crippen molar-refractivity contribution in [1.82, 2.24) is 14.5 Å². The van der Waals surface area contributed by atoms with Crippen molar-refractivity contribution in [2.75, 3.05) is 13.3 Å². The third-order valence-electron chi connectivity index (χ3n) is 3.65. The lowest BCUT2D eigenvalue weighted by atomic mass is 10.1. The van der Waals surface area contributed by atoms with E-state index in [1.165, 1.54) is 0 Å². The lowest BCUT2D eigenvalue weighted by molar-refractivity contribution is 0.0707. The number of carbonyl (C=O) groups is 1. The van der Waals surface area contributed by atoms with E-state index in [1.807, 2.05) is 6.20 Å². The van der Waals surface area contributed by atoms with E-state index in [0.717, 1.165) is 12.4 Å². The van der Waals surface area contributed by atoms with Gasteiger partial charge in [0.05, 0.1) is 6.54 Å². The monoisotopic (exact) mass is 271 g/mol. The van der Waals surface area contributed by atoms with E-state index < -0.39 is 0 Å². The van der Waals surface area contributed by atoms with Gasteiger partial charge in [-0.05, 0) is 18.2 Å². The van der Waals surface area contributed by atoms with Crippen molar-refractivity contribution in [1.29, 1.82) is 0 Å². The summed E-state index contributed by atoms with van der Waals surface area (Å²) in [4.78, 5) is 18.6. The number of fused-ring (bicyclic) bond motifs is 2. The minimum Gasteiger partial charge on any atom is -0.454 e. The predicted molar refractivity (Wildman–Crippen MR) is 69.5 cm³/mol. The van der Waals surface area contributed by atoms with Gasteiger partial charge < -0.3 is 18.9 Å². The fraction of sp³-hybridized carbons (Fsp3) is 0.286. The number of benzene rings is 1. The number of hydrogen-bond acceptors (Lipinski definition) is 4. The molecule has 6 nitrogen and oxygen atoms in total. The van der Waals surface area contributed by atoms with Crippen LogP contribution in [0.2, 0.25) is 0 Å². The first kappa shape index (κ1) is 11.3. The first-order chi connectivity index (χ1) is 9.81. The molecule has 6 heteroatoms. The summed E-state index contributed by atoms with van der Waals surface area (Å²) in [6.45, 7) is 2.23. The summed E-state index contributed by atoms with van der Waals surface area (Å²) in [5.74, 6) is 2.24. The van der Waals surface area contributed by atoms with Gasteiger partial charge in [-0.2, -0.15) is 0 Å². The average molecular weight is 271 g/mol. The number of rotatable bonds is 1. The maximum Gasteiger partial charge on any atom is 0.254 e. The molecule has 0 saturated heterocycles. The van der Waals surface area contributed by atoms with E-state index in [1.54, 1.807) is 29.3 Å². The van der Waals surface area contributed by atoms with Crippen LogP contribution in [0.1, 0.15) is 16.2 Å². The van der Waals surface area contributed by atoms with Crippen molar-refractivity contribution in [2.45, 2.75) is 13.1 Å². The molecule has 20 heavy (non-hydrogen) atoms. The van der Waals surface area contributed by atoms with E-state index in [9.17, 15) is 4.79 Å². The average Bonchev–Trinajstić information content (AvgIpc) is 3.13. The van der Waals surface area contributed by atoms with Crippen LogP contribution in [0.25, 0.3) is 0 Å². The lowest BCUT2D eigenvalue weighted by Gasteiger charge is -2.27. The quantitative estimate of drug-likeness (QED) is 0.783. The molecule has 102 valence electrons. The van der Waals surface area contributed by atoms with Crippen LogP contribution in [-0.2, 0) is 13.1 Å². The summed E-state index contributed by atoms with van der Waals surface area (Å²) in [6, 6.07) is 5.29. The SMILES string of the molecule is O=C(c1ccc2c(c1)OCO2)N1CCn2ccnc2C1. The van der Waals surface area contributed by atoms with Crippen LogP contribution in [0.3, 0.4) is 0 Å². The summed E-state index contributed by atoms with van der Waals surface area (Å²) >= 11 is 0. The molecule has 1 aromatic heterocycles. The molecule has 0 saturated carbocycles. The summed E-state index contributed by atoms with van der Waals surface area (Å²) < 4.78 is 12.6. The van der Waals surface area contributed by atoms with Crippen LogP contribution in [0.15, 0.2) is 30.6 Å². The van der Waals surface area contributed by atoms with Crippen molar-refractivity contribution in [2.24, 2.45) is 0 Å². The topological polar surface area (TPSA) is 56.6 Å². The Morgan fingerprint density at radius 2 is 2.10 bits per heavy atom. The van der Waals surface area contributed by atoms with Crippen LogP contribution in [0.5, 0.6) is 11.5 Å². The Labute approximate surface area is 115 Å². The van der Waals surface area contributed by atoms with E-state index >= 15 is 0 Å². The maximum absolute atomic E-state index is 12.5. The molecule has 0 bridgehead atoms. The van der Waals surface area contributed by atoms with Crippen molar-refractivity contribution >= 4 is 5.91 Å². The highest BCUT2D eigenvalue weighted by molar-refractivity contribution is 5.95. The normalized spacial score (nSPS) is 16.1. The third-order valence-corrected chi connectivity index (χ3v) is 3.65. The lowest BCUT2D eigenvalue weighted by Crippen LogP contribution is -2.38. The zero-order valence-electron chi connectivity index (χ0n) is 10.8. The Bertz CT molecular complexity index is 680. The number of carbonyl (C=O) groups excluding carboxylic acids is 1. The first-order valence-corrected chi connectivity index (χ1v) is 6.50. The molecular formula is C14H13N3O3. The van der Waals surface area contributed by atoms with E-state index in [-0.39, 0.29) is 12.7 Å². The Hall–Kier alpha value is -2.50. The van der Waals surface area contributed by atoms with Gasteiger partial charge in [0.25, 0.3) is 5.91 Å². The summed E-state index contributed by atoms with van der Waals surface area (Å²) in [5, 5.41) is 0. The highest BCUT2D eigenvalue weighted by Crippen LogP contribution is 2.33. The van der Waals surface area contributed by atoms with Crippen LogP contribution in [0.4, 0.5) is 0 Å². The smallest absolute Gasteiger partial charge is 0.254 e. The highest BCUT2D eigenvalue weighted by atomic mass is 16.7. The first-order valence-electron chi connectivity index (χ1n) is 6.50. The highest BCUT2D eigenvalue weighted by Gasteiger charge is 2.24. The van der Waals surface area contributed by atoms with Crippen molar-refractivity contribution < 1.29 is 14.3 Å². The number of hydrogen-bond donors (Lipinski definition) is 0. The number of imidazole rings is 1. The van der Waals surface area contributed by atoms with Crippen LogP contribution >= 0.6 is 0 Å². The molecular weight excluding hydrogens is 258 g/mol. The van der Waals surface area contributed by atoms with Gasteiger partial charge in [0.2, 0.25) is 6.79 Å². The molecule has 3 heterocycles. The molecule has 0 aliphatic carbocycles. The molecule has 2 aliphatic rings. The predicted octanol–water partition coefficient (Wildman–Crippen LogP) is 1.27. The van der Waals surface area contributed by atoms with Gasteiger partial charge in [-0.15, -0.1) is 0 Å². The minimum atomic E-state index is -0.00227. The second-order valence-corrected chi connectivity index (χ2v) is 4.83. The second-order valence-electron chi connectivity index (χ2n) is 4.83. The largest absolute Gasteiger partial charge is 0.454 e. The van der Waals surface area contributed by atoms with Gasteiger partial charge in [-0.3, -0.25) is 4.79 Å². The van der Waals surface area contributed by atoms with Gasteiger partial charge >= 0.3 is 0 Å². The van der Waals surface area contributed by atoms with Gasteiger partial charge in [0, 0.05) is 31.0 Å². The summed E-state index contributed by atoms with van der Waals surface area (Å²) in [6.07, 6.45) is 3.71. The Balaban J connectivity index is 1.59. The number of aromatic nitrogens is 2. The van der Waals surface area contributed by atoms with Gasteiger partial charge in [0.1, 0.15) is 5.82 Å². The molecule has 1 aromatic carbocycles. The Kier molecular flexibility index (Phi) is 2.42. The molecule has 2 aromatic rings. The van der Waals surface area contributed by atoms with Crippen molar-refractivity contribution in [3.63, 3.8) is 0 Å². The maximum atomic E-state index is 12.5. The summed E-state index contributed by atoms with van der Waals surface area (Å²) in [7, 11) is 0. The van der Waals surface area contributed by atoms with Gasteiger partial charge in [0.15, 0.2) is 11.5 Å². The molecule has 1 amide bonds. The molecule has 0 atom stereocenters. The number of nitrogens with zero attached hydrogens (tertiary/aromatic N) is 3. The van der Waals surface area contributed by atoms with Gasteiger partial charge in [-0.25, -0.2) is 4.98 Å². The van der Waals surface area contributed by atoms with Crippen LogP contribution in [0, 0.1) is 0 Å². The molecule has 2 aliphatic heterocycles. The fourth-order valence-electron chi connectivity index (χ4n) is 2.56. The van der Waals surface area contributed by atoms with Crippen LogP contribution in [-0.4, -0.2) is 33.7 Å². The molecule has 0 unspecified atom stereocenters. The van der Waals surface area contributed by atoms with Gasteiger partial charge in [-0.1, -0.05) is 0 Å². The zero-order valence-corrected chi connectivity index (χ0v) is 10.8. The summed E-state index contributed by atoms with van der Waals surface area (Å²) in [5.41, 5.74) is 0.620. The Morgan fingerprint density at radius 3 is 3.05 bits per heavy atom. The van der Waals surface area contributed by atoms with E-state index in [2.05, 4.69) is 9.55 Å². The standard InChI is InChI=1S/C14H13N3O3/c18-14(10-1-2-11-12(7-10)20-9-19-11)17-6-5-16-4-3-15-13(16)8-17/h1-4,7H,5-6,8-9H2. The van der Waals surface area contributed by atoms with Crippen molar-refractivity contribution in [3.05, 3.63) is 42.0 Å². The fourth-order valence-corrected chi connectivity index (χ4v) is 2.56. The van der Waals surface area contributed by atoms with Crippen LogP contribution < -0.4 is 9.47 Å².